The molecular weight excluding hydrogens is 167 g/mol. The van der Waals surface area contributed by atoms with Crippen LogP contribution < -0.4 is 0 Å². The number of aliphatic hydroxyl groups excluding tert-OH is 1. The van der Waals surface area contributed by atoms with E-state index in [-0.39, 0.29) is 12.3 Å². The average Bonchev–Trinajstić information content (AvgIpc) is 2.53. The van der Waals surface area contributed by atoms with Crippen LogP contribution in [0, 0.1) is 5.95 Å². The van der Waals surface area contributed by atoms with Crippen LogP contribution in [0.15, 0.2) is 11.6 Å². The summed E-state index contributed by atoms with van der Waals surface area (Å²) in [6, 6.07) is 0. The zero-order valence-corrected chi connectivity index (χ0v) is 6.31. The first kappa shape index (κ1) is 6.75. The highest BCUT2D eigenvalue weighted by Gasteiger charge is 2.10. The number of aromatic nitrogens is 2. The first-order valence-corrected chi connectivity index (χ1v) is 3.91. The fourth-order valence-corrected chi connectivity index (χ4v) is 1.63. The van der Waals surface area contributed by atoms with Crippen molar-refractivity contribution < 1.29 is 9.50 Å². The summed E-state index contributed by atoms with van der Waals surface area (Å²) < 4.78 is 14.3. The smallest absolute Gasteiger partial charge is 0.224 e. The summed E-state index contributed by atoms with van der Waals surface area (Å²) in [5.41, 5.74) is 0.108. The van der Waals surface area contributed by atoms with Crippen LogP contribution in [0.1, 0.15) is 5.69 Å². The maximum atomic E-state index is 13.0. The number of rotatable bonds is 1. The molecule has 0 unspecified atom stereocenters. The Morgan fingerprint density at radius 1 is 1.73 bits per heavy atom. The number of thiazole rings is 1. The van der Waals surface area contributed by atoms with Gasteiger partial charge in [-0.05, 0) is 0 Å². The molecule has 0 spiro atoms. The lowest BCUT2D eigenvalue weighted by Crippen LogP contribution is -1.88. The third-order valence-electron chi connectivity index (χ3n) is 1.42. The van der Waals surface area contributed by atoms with Crippen LogP contribution >= 0.6 is 11.3 Å². The number of hydrogen-bond acceptors (Lipinski definition) is 3. The van der Waals surface area contributed by atoms with Crippen LogP contribution in [-0.4, -0.2) is 14.5 Å². The first-order valence-electron chi connectivity index (χ1n) is 3.03. The summed E-state index contributed by atoms with van der Waals surface area (Å²) in [6.07, 6.45) is 1.58. The molecule has 0 aromatic carbocycles. The van der Waals surface area contributed by atoms with Crippen LogP contribution in [0.5, 0.6) is 0 Å². The highest BCUT2D eigenvalue weighted by molar-refractivity contribution is 7.15. The van der Waals surface area contributed by atoms with Gasteiger partial charge in [0.25, 0.3) is 0 Å². The van der Waals surface area contributed by atoms with Gasteiger partial charge in [-0.2, -0.15) is 4.39 Å². The highest BCUT2D eigenvalue weighted by atomic mass is 32.1. The molecule has 0 radical (unpaired) electrons. The number of aliphatic hydroxyl groups is 1. The zero-order valence-electron chi connectivity index (χ0n) is 5.49. The van der Waals surface area contributed by atoms with Gasteiger partial charge in [0.05, 0.1) is 6.61 Å². The molecule has 0 saturated heterocycles. The van der Waals surface area contributed by atoms with Crippen molar-refractivity contribution in [2.75, 3.05) is 0 Å². The van der Waals surface area contributed by atoms with Crippen molar-refractivity contribution in [1.29, 1.82) is 0 Å². The van der Waals surface area contributed by atoms with E-state index >= 15 is 0 Å². The van der Waals surface area contributed by atoms with Gasteiger partial charge >= 0.3 is 0 Å². The van der Waals surface area contributed by atoms with Crippen LogP contribution in [0.4, 0.5) is 4.39 Å². The summed E-state index contributed by atoms with van der Waals surface area (Å²) >= 11 is 1.34. The maximum Gasteiger partial charge on any atom is 0.224 e. The molecule has 0 aliphatic carbocycles. The van der Waals surface area contributed by atoms with Crippen LogP contribution in [-0.2, 0) is 6.61 Å². The number of nitrogens with zero attached hydrogens (tertiary/aromatic N) is 2. The largest absolute Gasteiger partial charge is 0.390 e. The monoisotopic (exact) mass is 172 g/mol. The Kier molecular flexibility index (Phi) is 1.40. The molecule has 2 rings (SSSR count). The number of halogens is 1. The molecule has 0 amide bonds. The van der Waals surface area contributed by atoms with Crippen molar-refractivity contribution in [3.63, 3.8) is 0 Å². The Balaban J connectivity index is 2.76. The fraction of sp³-hybridized carbons (Fsp3) is 0.167. The lowest BCUT2D eigenvalue weighted by Gasteiger charge is -1.85. The van der Waals surface area contributed by atoms with Crippen molar-refractivity contribution >= 4 is 16.3 Å². The van der Waals surface area contributed by atoms with Gasteiger partial charge in [-0.1, -0.05) is 0 Å². The molecule has 0 saturated carbocycles. The molecule has 2 aromatic rings. The fourth-order valence-electron chi connectivity index (χ4n) is 0.904. The van der Waals surface area contributed by atoms with Crippen molar-refractivity contribution in [1.82, 2.24) is 9.38 Å². The minimum absolute atomic E-state index is 0.108. The molecule has 0 fully saturated rings. The molecular formula is C6H5FN2OS. The van der Waals surface area contributed by atoms with Gasteiger partial charge in [-0.25, -0.2) is 4.98 Å². The maximum absolute atomic E-state index is 13.0. The van der Waals surface area contributed by atoms with Gasteiger partial charge in [0.1, 0.15) is 5.69 Å². The van der Waals surface area contributed by atoms with Gasteiger partial charge in [-0.3, -0.25) is 4.40 Å². The van der Waals surface area contributed by atoms with Gasteiger partial charge in [0.2, 0.25) is 5.95 Å². The van der Waals surface area contributed by atoms with E-state index in [9.17, 15) is 4.39 Å². The molecule has 0 bridgehead atoms. The first-order chi connectivity index (χ1) is 5.33. The molecule has 5 heteroatoms. The summed E-state index contributed by atoms with van der Waals surface area (Å²) in [5.74, 6) is -0.469. The van der Waals surface area contributed by atoms with Gasteiger partial charge in [-0.15, -0.1) is 11.3 Å². The lowest BCUT2D eigenvalue weighted by atomic mass is 10.5. The Labute approximate surface area is 65.7 Å². The third-order valence-corrected chi connectivity index (χ3v) is 2.18. The molecule has 2 aromatic heterocycles. The highest BCUT2D eigenvalue weighted by Crippen LogP contribution is 2.15. The topological polar surface area (TPSA) is 37.5 Å². The van der Waals surface area contributed by atoms with E-state index in [4.69, 9.17) is 5.11 Å². The third kappa shape index (κ3) is 0.849. The summed E-state index contributed by atoms with van der Waals surface area (Å²) in [6.45, 7) is -0.347. The normalized spacial score (nSPS) is 11.1. The Bertz CT molecular complexity index is 381. The van der Waals surface area contributed by atoms with Gasteiger partial charge in [0.15, 0.2) is 4.96 Å². The Morgan fingerprint density at radius 3 is 3.18 bits per heavy atom. The van der Waals surface area contributed by atoms with Crippen molar-refractivity contribution in [2.24, 2.45) is 0 Å². The van der Waals surface area contributed by atoms with Crippen molar-refractivity contribution in [3.05, 3.63) is 23.2 Å². The number of hydrogen-bond donors (Lipinski definition) is 1. The second-order valence-electron chi connectivity index (χ2n) is 2.06. The SMILES string of the molecule is OCc1nc2sccn2c1F. The molecule has 0 aliphatic heterocycles. The van der Waals surface area contributed by atoms with Gasteiger partial charge < -0.3 is 5.11 Å². The quantitative estimate of drug-likeness (QED) is 0.697. The minimum Gasteiger partial charge on any atom is -0.390 e. The Morgan fingerprint density at radius 2 is 2.55 bits per heavy atom. The standard InChI is InChI=1S/C6H5FN2OS/c7-5-4(3-10)8-6-9(5)1-2-11-6/h1-2,10H,3H2. The second-order valence-corrected chi connectivity index (χ2v) is 2.94. The van der Waals surface area contributed by atoms with Gasteiger partial charge in [0, 0.05) is 11.6 Å². The van der Waals surface area contributed by atoms with Crippen LogP contribution in [0.3, 0.4) is 0 Å². The number of fused-ring (bicyclic) bond motifs is 1. The van der Waals surface area contributed by atoms with E-state index < -0.39 is 5.95 Å². The Hall–Kier alpha value is -0.940. The summed E-state index contributed by atoms with van der Waals surface area (Å²) in [7, 11) is 0. The van der Waals surface area contributed by atoms with Crippen molar-refractivity contribution in [2.45, 2.75) is 6.61 Å². The van der Waals surface area contributed by atoms with E-state index in [1.807, 2.05) is 0 Å². The summed E-state index contributed by atoms with van der Waals surface area (Å²) in [5, 5.41) is 10.4. The minimum atomic E-state index is -0.469. The van der Waals surface area contributed by atoms with E-state index in [0.717, 1.165) is 0 Å². The zero-order chi connectivity index (χ0) is 7.84. The molecule has 1 N–H and O–H groups in total. The molecule has 11 heavy (non-hydrogen) atoms. The van der Waals surface area contributed by atoms with E-state index in [2.05, 4.69) is 4.98 Å². The molecule has 0 atom stereocenters. The summed E-state index contributed by atoms with van der Waals surface area (Å²) in [4.78, 5) is 4.42. The number of imidazole rings is 1. The molecule has 58 valence electrons. The predicted molar refractivity (Wildman–Crippen MR) is 38.9 cm³/mol. The van der Waals surface area contributed by atoms with Crippen LogP contribution in [0.2, 0.25) is 0 Å². The lowest BCUT2D eigenvalue weighted by molar-refractivity contribution is 0.270. The molecule has 3 nitrogen and oxygen atoms in total. The molecule has 0 aliphatic rings. The van der Waals surface area contributed by atoms with Crippen molar-refractivity contribution in [3.8, 4) is 0 Å². The average molecular weight is 172 g/mol. The second kappa shape index (κ2) is 2.28. The molecule has 2 heterocycles. The van der Waals surface area contributed by atoms with E-state index in [1.54, 1.807) is 11.6 Å². The van der Waals surface area contributed by atoms with E-state index in [0.29, 0.717) is 4.96 Å². The predicted octanol–water partition coefficient (Wildman–Crippen LogP) is 1.03. The van der Waals surface area contributed by atoms with E-state index in [1.165, 1.54) is 15.7 Å². The van der Waals surface area contributed by atoms with Crippen LogP contribution in [0.25, 0.3) is 4.96 Å².